The van der Waals surface area contributed by atoms with Gasteiger partial charge in [-0.15, -0.1) is 0 Å². The third-order valence-electron chi connectivity index (χ3n) is 1.25. The van der Waals surface area contributed by atoms with E-state index < -0.39 is 18.0 Å². The van der Waals surface area contributed by atoms with E-state index in [4.69, 9.17) is 10.2 Å². The highest BCUT2D eigenvalue weighted by Gasteiger charge is 2.21. The number of hydrogen-bond acceptors (Lipinski definition) is 4. The number of carboxylic acid groups (broad SMARTS) is 2. The molecule has 0 saturated heterocycles. The predicted molar refractivity (Wildman–Crippen MR) is 38.8 cm³/mol. The van der Waals surface area contributed by atoms with Gasteiger partial charge in [-0.05, 0) is 0 Å². The third-order valence-corrected chi connectivity index (χ3v) is 1.25. The molecule has 1 atom stereocenters. The van der Waals surface area contributed by atoms with Crippen LogP contribution in [0.5, 0.6) is 0 Å². The summed E-state index contributed by atoms with van der Waals surface area (Å²) in [6.45, 7) is 0. The van der Waals surface area contributed by atoms with Crippen molar-refractivity contribution in [2.45, 2.75) is 6.04 Å². The molecular weight excluding hydrogens is 164 g/mol. The lowest BCUT2D eigenvalue weighted by Crippen LogP contribution is -2.41. The van der Waals surface area contributed by atoms with Gasteiger partial charge in [-0.2, -0.15) is 0 Å². The molecule has 12 heavy (non-hydrogen) atoms. The second kappa shape index (κ2) is 3.04. The minimum atomic E-state index is -1.22. The lowest BCUT2D eigenvalue weighted by molar-refractivity contribution is -0.137. The molecule has 0 aromatic carbocycles. The topological polar surface area (TPSA) is 99.0 Å². The van der Waals surface area contributed by atoms with E-state index in [-0.39, 0.29) is 5.70 Å². The first-order valence-electron chi connectivity index (χ1n) is 3.07. The summed E-state index contributed by atoms with van der Waals surface area (Å²) in [6.07, 6.45) is 2.18. The minimum Gasteiger partial charge on any atom is -0.479 e. The average molecular weight is 170 g/mol. The van der Waals surface area contributed by atoms with E-state index in [1.165, 1.54) is 0 Å². The largest absolute Gasteiger partial charge is 0.479 e. The van der Waals surface area contributed by atoms with Crippen molar-refractivity contribution in [1.82, 2.24) is 5.32 Å². The van der Waals surface area contributed by atoms with E-state index >= 15 is 0 Å². The van der Waals surface area contributed by atoms with Gasteiger partial charge in [0, 0.05) is 6.21 Å². The zero-order chi connectivity index (χ0) is 9.14. The molecule has 0 aliphatic carbocycles. The highest BCUT2D eigenvalue weighted by Crippen LogP contribution is 1.98. The van der Waals surface area contributed by atoms with Gasteiger partial charge in [-0.3, -0.25) is 4.99 Å². The van der Waals surface area contributed by atoms with Crippen molar-refractivity contribution in [2.24, 2.45) is 4.99 Å². The van der Waals surface area contributed by atoms with Crippen LogP contribution in [0.3, 0.4) is 0 Å². The van der Waals surface area contributed by atoms with E-state index in [0.29, 0.717) is 0 Å². The zero-order valence-corrected chi connectivity index (χ0v) is 5.89. The second-order valence-corrected chi connectivity index (χ2v) is 2.11. The Hall–Kier alpha value is -1.85. The van der Waals surface area contributed by atoms with Gasteiger partial charge in [0.25, 0.3) is 0 Å². The molecule has 6 nitrogen and oxygen atoms in total. The number of aliphatic carboxylic acids is 2. The first kappa shape index (κ1) is 8.25. The van der Waals surface area contributed by atoms with Crippen molar-refractivity contribution in [1.29, 1.82) is 0 Å². The van der Waals surface area contributed by atoms with Crippen LogP contribution < -0.4 is 5.32 Å². The molecule has 6 heteroatoms. The maximum atomic E-state index is 10.3. The molecule has 0 aromatic heterocycles. The summed E-state index contributed by atoms with van der Waals surface area (Å²) in [5, 5.41) is 19.2. The molecule has 3 N–H and O–H groups in total. The summed E-state index contributed by atoms with van der Waals surface area (Å²) in [5.74, 6) is -2.39. The Labute approximate surface area is 67.2 Å². The van der Waals surface area contributed by atoms with Crippen LogP contribution in [-0.4, -0.2) is 34.4 Å². The fraction of sp³-hybridized carbons (Fsp3) is 0.167. The van der Waals surface area contributed by atoms with Crippen molar-refractivity contribution in [2.75, 3.05) is 0 Å². The molecule has 1 unspecified atom stereocenters. The second-order valence-electron chi connectivity index (χ2n) is 2.11. The first-order valence-corrected chi connectivity index (χ1v) is 3.07. The Kier molecular flexibility index (Phi) is 2.09. The Bertz CT molecular complexity index is 281. The van der Waals surface area contributed by atoms with E-state index in [9.17, 15) is 9.59 Å². The van der Waals surface area contributed by atoms with Crippen LogP contribution in [0.2, 0.25) is 0 Å². The summed E-state index contributed by atoms with van der Waals surface area (Å²) in [7, 11) is 0. The molecule has 0 radical (unpaired) electrons. The quantitative estimate of drug-likeness (QED) is 0.495. The molecule has 1 rings (SSSR count). The van der Waals surface area contributed by atoms with Crippen LogP contribution in [0.25, 0.3) is 0 Å². The molecule has 0 saturated carbocycles. The highest BCUT2D eigenvalue weighted by atomic mass is 16.4. The monoisotopic (exact) mass is 170 g/mol. The fourth-order valence-corrected chi connectivity index (χ4v) is 0.688. The lowest BCUT2D eigenvalue weighted by atomic mass is 10.2. The summed E-state index contributed by atoms with van der Waals surface area (Å²) in [5.41, 5.74) is -0.218. The molecule has 1 heterocycles. The summed E-state index contributed by atoms with van der Waals surface area (Å²) in [6, 6.07) is -1.05. The van der Waals surface area contributed by atoms with Crippen LogP contribution in [0, 0.1) is 0 Å². The van der Waals surface area contributed by atoms with Crippen molar-refractivity contribution >= 4 is 18.2 Å². The van der Waals surface area contributed by atoms with Gasteiger partial charge < -0.3 is 15.5 Å². The van der Waals surface area contributed by atoms with Gasteiger partial charge in [-0.25, -0.2) is 9.59 Å². The van der Waals surface area contributed by atoms with E-state index in [2.05, 4.69) is 10.3 Å². The maximum absolute atomic E-state index is 10.3. The van der Waals surface area contributed by atoms with Gasteiger partial charge >= 0.3 is 11.9 Å². The molecule has 0 amide bonds. The van der Waals surface area contributed by atoms with E-state index in [1.54, 1.807) is 0 Å². The van der Waals surface area contributed by atoms with Crippen LogP contribution in [0.4, 0.5) is 0 Å². The van der Waals surface area contributed by atoms with Gasteiger partial charge in [0.05, 0.1) is 6.20 Å². The minimum absolute atomic E-state index is 0.218. The maximum Gasteiger partial charge on any atom is 0.353 e. The third kappa shape index (κ3) is 1.60. The van der Waals surface area contributed by atoms with Gasteiger partial charge in [0.2, 0.25) is 0 Å². The Morgan fingerprint density at radius 1 is 1.50 bits per heavy atom. The number of aliphatic imine (C=N–C) groups is 1. The smallest absolute Gasteiger partial charge is 0.353 e. The summed E-state index contributed by atoms with van der Waals surface area (Å²) in [4.78, 5) is 24.1. The number of hydrogen-bond donors (Lipinski definition) is 3. The molecule has 64 valence electrons. The van der Waals surface area contributed by atoms with Crippen LogP contribution in [-0.2, 0) is 9.59 Å². The molecule has 0 bridgehead atoms. The average Bonchev–Trinajstić information content (AvgIpc) is 2.04. The van der Waals surface area contributed by atoms with Gasteiger partial charge in [-0.1, -0.05) is 0 Å². The Balaban J connectivity index is 2.74. The number of nitrogens with one attached hydrogen (secondary N) is 1. The predicted octanol–water partition coefficient (Wildman–Crippen LogP) is -0.960. The van der Waals surface area contributed by atoms with E-state index in [0.717, 1.165) is 12.4 Å². The lowest BCUT2D eigenvalue weighted by Gasteiger charge is -2.13. The zero-order valence-electron chi connectivity index (χ0n) is 5.89. The van der Waals surface area contributed by atoms with Crippen molar-refractivity contribution in [3.05, 3.63) is 11.9 Å². The molecule has 0 fully saturated rings. The Morgan fingerprint density at radius 2 is 2.17 bits per heavy atom. The first-order chi connectivity index (χ1) is 5.61. The summed E-state index contributed by atoms with van der Waals surface area (Å²) < 4.78 is 0. The van der Waals surface area contributed by atoms with E-state index in [1.807, 2.05) is 0 Å². The van der Waals surface area contributed by atoms with Crippen LogP contribution >= 0.6 is 0 Å². The highest BCUT2D eigenvalue weighted by molar-refractivity contribution is 5.97. The number of rotatable bonds is 2. The van der Waals surface area contributed by atoms with Crippen LogP contribution in [0.15, 0.2) is 16.9 Å². The summed E-state index contributed by atoms with van der Waals surface area (Å²) >= 11 is 0. The number of nitrogens with zero attached hydrogens (tertiary/aromatic N) is 1. The Morgan fingerprint density at radius 3 is 2.67 bits per heavy atom. The van der Waals surface area contributed by atoms with Crippen molar-refractivity contribution < 1.29 is 19.8 Å². The number of carbonyl (C=O) groups is 2. The molecule has 0 spiro atoms. The SMILES string of the molecule is O=C(O)C1=CN=CC(C(=O)O)N1. The molecule has 1 aliphatic heterocycles. The molecule has 0 aromatic rings. The molecule has 1 aliphatic rings. The standard InChI is InChI=1S/C6H6N2O4/c9-5(10)3-1-7-2-4(8-3)6(11)12/h1-3,8H,(H,9,10)(H,11,12). The molecular formula is C6H6N2O4. The van der Waals surface area contributed by atoms with Gasteiger partial charge in [0.1, 0.15) is 5.70 Å². The van der Waals surface area contributed by atoms with Crippen molar-refractivity contribution in [3.63, 3.8) is 0 Å². The normalized spacial score (nSPS) is 21.0. The fourth-order valence-electron chi connectivity index (χ4n) is 0.688. The van der Waals surface area contributed by atoms with Gasteiger partial charge in [0.15, 0.2) is 6.04 Å². The number of carboxylic acids is 2. The van der Waals surface area contributed by atoms with Crippen LogP contribution in [0.1, 0.15) is 0 Å². The van der Waals surface area contributed by atoms with Crippen molar-refractivity contribution in [3.8, 4) is 0 Å².